The lowest BCUT2D eigenvalue weighted by Gasteiger charge is -2.05. The predicted octanol–water partition coefficient (Wildman–Crippen LogP) is 1.17. The van der Waals surface area contributed by atoms with Gasteiger partial charge in [-0.05, 0) is 13.0 Å². The topological polar surface area (TPSA) is 64.2 Å². The zero-order chi connectivity index (χ0) is 9.84. The van der Waals surface area contributed by atoms with Crippen LogP contribution in [0.25, 0.3) is 0 Å². The lowest BCUT2D eigenvalue weighted by Crippen LogP contribution is -2.04. The Morgan fingerprint density at radius 1 is 1.54 bits per heavy atom. The van der Waals surface area contributed by atoms with E-state index in [1.165, 1.54) is 0 Å². The van der Waals surface area contributed by atoms with Gasteiger partial charge < -0.3 is 10.7 Å². The maximum atomic E-state index is 5.53. The first kappa shape index (κ1) is 9.64. The third-order valence-corrected chi connectivity index (χ3v) is 1.73. The highest BCUT2D eigenvalue weighted by Crippen LogP contribution is 2.11. The maximum absolute atomic E-state index is 5.53. The minimum absolute atomic E-state index is 0.189. The first-order valence-corrected chi connectivity index (χ1v) is 4.17. The third kappa shape index (κ3) is 2.50. The van der Waals surface area contributed by atoms with Gasteiger partial charge in [0.1, 0.15) is 0 Å². The minimum atomic E-state index is 0.189. The van der Waals surface area contributed by atoms with Crippen molar-refractivity contribution in [1.82, 2.24) is 9.97 Å². The summed E-state index contributed by atoms with van der Waals surface area (Å²) in [5, 5.41) is 0. The van der Waals surface area contributed by atoms with Crippen molar-refractivity contribution in [3.63, 3.8) is 0 Å². The molecule has 2 N–H and O–H groups in total. The summed E-state index contributed by atoms with van der Waals surface area (Å²) in [6, 6.07) is 1.92. The van der Waals surface area contributed by atoms with Crippen molar-refractivity contribution in [3.8, 4) is 0 Å². The molecule has 13 heavy (non-hydrogen) atoms. The summed E-state index contributed by atoms with van der Waals surface area (Å²) < 4.78 is 0. The number of anilines is 1. The first-order valence-electron chi connectivity index (χ1n) is 4.17. The van der Waals surface area contributed by atoms with Gasteiger partial charge in [0.25, 0.3) is 0 Å². The molecule has 0 aliphatic rings. The monoisotopic (exact) mass is 178 g/mol. The number of aromatic nitrogens is 2. The van der Waals surface area contributed by atoms with Gasteiger partial charge in [0.15, 0.2) is 0 Å². The fraction of sp³-hybridized carbons (Fsp3) is 0.444. The molecule has 0 bridgehead atoms. The second-order valence-corrected chi connectivity index (χ2v) is 2.99. The van der Waals surface area contributed by atoms with E-state index in [4.69, 9.17) is 5.73 Å². The largest absolute Gasteiger partial charge is 0.368 e. The van der Waals surface area contributed by atoms with E-state index in [-0.39, 0.29) is 5.92 Å². The zero-order valence-electron chi connectivity index (χ0n) is 8.15. The Bertz CT molecular complexity index is 299. The molecule has 0 radical (unpaired) electrons. The van der Waals surface area contributed by atoms with E-state index in [1.807, 2.05) is 26.1 Å². The van der Waals surface area contributed by atoms with Crippen molar-refractivity contribution in [2.45, 2.75) is 19.8 Å². The third-order valence-electron chi connectivity index (χ3n) is 1.73. The van der Waals surface area contributed by atoms with Crippen LogP contribution in [0.15, 0.2) is 11.1 Å². The van der Waals surface area contributed by atoms with Crippen LogP contribution < -0.4 is 5.73 Å². The van der Waals surface area contributed by atoms with Crippen molar-refractivity contribution >= 4 is 12.2 Å². The van der Waals surface area contributed by atoms with Gasteiger partial charge in [-0.2, -0.15) is 0 Å². The van der Waals surface area contributed by atoms with Crippen LogP contribution in [0.4, 0.5) is 5.95 Å². The zero-order valence-corrected chi connectivity index (χ0v) is 8.15. The second-order valence-electron chi connectivity index (χ2n) is 2.99. The highest BCUT2D eigenvalue weighted by molar-refractivity contribution is 5.66. The van der Waals surface area contributed by atoms with Crippen molar-refractivity contribution in [2.75, 3.05) is 12.8 Å². The highest BCUT2D eigenvalue weighted by atomic mass is 15.0. The fourth-order valence-corrected chi connectivity index (χ4v) is 1.15. The molecular formula is C9H14N4. The summed E-state index contributed by atoms with van der Waals surface area (Å²) in [4.78, 5) is 12.1. The van der Waals surface area contributed by atoms with Crippen molar-refractivity contribution < 1.29 is 0 Å². The van der Waals surface area contributed by atoms with Gasteiger partial charge in [-0.3, -0.25) is 0 Å². The molecule has 4 nitrogen and oxygen atoms in total. The van der Waals surface area contributed by atoms with Gasteiger partial charge in [0, 0.05) is 24.9 Å². The van der Waals surface area contributed by atoms with E-state index in [0.717, 1.165) is 11.4 Å². The molecular weight excluding hydrogens is 164 g/mol. The molecule has 0 aromatic carbocycles. The number of rotatable bonds is 2. The Balaban J connectivity index is 3.00. The number of hydrogen-bond acceptors (Lipinski definition) is 4. The first-order chi connectivity index (χ1) is 6.13. The second kappa shape index (κ2) is 3.98. The molecule has 0 saturated carbocycles. The molecule has 4 heteroatoms. The van der Waals surface area contributed by atoms with E-state index in [2.05, 4.69) is 15.0 Å². The fourth-order valence-electron chi connectivity index (χ4n) is 1.15. The average Bonchev–Trinajstić information content (AvgIpc) is 2.03. The quantitative estimate of drug-likeness (QED) is 0.691. The van der Waals surface area contributed by atoms with Crippen LogP contribution >= 0.6 is 0 Å². The van der Waals surface area contributed by atoms with Crippen LogP contribution in [0, 0.1) is 6.92 Å². The lowest BCUT2D eigenvalue weighted by atomic mass is 10.1. The Morgan fingerprint density at radius 2 is 2.23 bits per heavy atom. The van der Waals surface area contributed by atoms with Gasteiger partial charge in [0.05, 0.1) is 5.69 Å². The van der Waals surface area contributed by atoms with Crippen LogP contribution in [0.1, 0.15) is 24.2 Å². The SMILES string of the molecule is CN=CC(C)c1cc(C)nc(N)n1. The van der Waals surface area contributed by atoms with Gasteiger partial charge in [-0.1, -0.05) is 6.92 Å². The van der Waals surface area contributed by atoms with Gasteiger partial charge >= 0.3 is 0 Å². The Morgan fingerprint density at radius 3 is 2.77 bits per heavy atom. The molecule has 70 valence electrons. The number of nitrogens with zero attached hydrogens (tertiary/aromatic N) is 3. The van der Waals surface area contributed by atoms with Crippen LogP contribution in [0.3, 0.4) is 0 Å². The van der Waals surface area contributed by atoms with E-state index in [1.54, 1.807) is 7.05 Å². The average molecular weight is 178 g/mol. The molecule has 0 spiro atoms. The molecule has 1 rings (SSSR count). The summed E-state index contributed by atoms with van der Waals surface area (Å²) in [5.41, 5.74) is 7.33. The summed E-state index contributed by atoms with van der Waals surface area (Å²) >= 11 is 0. The molecule has 1 atom stereocenters. The molecule has 0 fully saturated rings. The lowest BCUT2D eigenvalue weighted by molar-refractivity contribution is 0.936. The van der Waals surface area contributed by atoms with Crippen molar-refractivity contribution in [1.29, 1.82) is 0 Å². The molecule has 0 aliphatic heterocycles. The van der Waals surface area contributed by atoms with E-state index in [0.29, 0.717) is 5.95 Å². The summed E-state index contributed by atoms with van der Waals surface area (Å²) in [6.45, 7) is 3.92. The summed E-state index contributed by atoms with van der Waals surface area (Å²) in [6.07, 6.45) is 1.83. The van der Waals surface area contributed by atoms with E-state index in [9.17, 15) is 0 Å². The standard InChI is InChI=1S/C9H14N4/c1-6(5-11-3)8-4-7(2)12-9(10)13-8/h4-6H,1-3H3,(H2,10,12,13). The molecule has 1 aromatic rings. The molecule has 1 aromatic heterocycles. The summed E-state index contributed by atoms with van der Waals surface area (Å²) in [7, 11) is 1.74. The minimum Gasteiger partial charge on any atom is -0.368 e. The molecule has 1 heterocycles. The normalized spacial score (nSPS) is 13.5. The number of aliphatic imine (C=N–C) groups is 1. The van der Waals surface area contributed by atoms with Gasteiger partial charge in [-0.25, -0.2) is 9.97 Å². The van der Waals surface area contributed by atoms with Crippen LogP contribution in [-0.4, -0.2) is 23.2 Å². The predicted molar refractivity (Wildman–Crippen MR) is 54.0 cm³/mol. The molecule has 1 unspecified atom stereocenters. The van der Waals surface area contributed by atoms with E-state index < -0.39 is 0 Å². The number of nitrogen functional groups attached to an aromatic ring is 1. The van der Waals surface area contributed by atoms with Gasteiger partial charge in [-0.15, -0.1) is 0 Å². The van der Waals surface area contributed by atoms with Crippen LogP contribution in [0.2, 0.25) is 0 Å². The van der Waals surface area contributed by atoms with Crippen molar-refractivity contribution in [2.24, 2.45) is 4.99 Å². The van der Waals surface area contributed by atoms with Crippen LogP contribution in [0.5, 0.6) is 0 Å². The van der Waals surface area contributed by atoms with E-state index >= 15 is 0 Å². The Labute approximate surface area is 77.9 Å². The molecule has 0 aliphatic carbocycles. The van der Waals surface area contributed by atoms with Gasteiger partial charge in [0.2, 0.25) is 5.95 Å². The highest BCUT2D eigenvalue weighted by Gasteiger charge is 2.05. The smallest absolute Gasteiger partial charge is 0.220 e. The van der Waals surface area contributed by atoms with Crippen molar-refractivity contribution in [3.05, 3.63) is 17.5 Å². The number of aryl methyl sites for hydroxylation is 1. The number of hydrogen-bond donors (Lipinski definition) is 1. The summed E-state index contributed by atoms with van der Waals surface area (Å²) in [5.74, 6) is 0.514. The molecule has 0 amide bonds. The number of nitrogens with two attached hydrogens (primary N) is 1. The van der Waals surface area contributed by atoms with Crippen LogP contribution in [-0.2, 0) is 0 Å². The Kier molecular flexibility index (Phi) is 2.95. The molecule has 0 saturated heterocycles. The Hall–Kier alpha value is -1.45. The maximum Gasteiger partial charge on any atom is 0.220 e.